The standard InChI is InChI=1S/C15H13Cl2NO3S/c1-9(21-15(20)12-6-7-13(17)22-12)14(19)18-8-10-2-4-11(16)5-3-10/h2-7,9H,8H2,1H3,(H,18,19). The van der Waals surface area contributed by atoms with Crippen molar-refractivity contribution in [1.29, 1.82) is 0 Å². The van der Waals surface area contributed by atoms with Gasteiger partial charge in [0.15, 0.2) is 6.10 Å². The maximum Gasteiger partial charge on any atom is 0.349 e. The highest BCUT2D eigenvalue weighted by Crippen LogP contribution is 2.22. The van der Waals surface area contributed by atoms with Gasteiger partial charge in [-0.1, -0.05) is 35.3 Å². The second-order valence-corrected chi connectivity index (χ2v) is 6.65. The molecule has 2 aromatic rings. The van der Waals surface area contributed by atoms with Crippen molar-refractivity contribution in [2.24, 2.45) is 0 Å². The molecule has 0 radical (unpaired) electrons. The summed E-state index contributed by atoms with van der Waals surface area (Å²) in [7, 11) is 0. The molecule has 1 unspecified atom stereocenters. The predicted octanol–water partition coefficient (Wildman–Crippen LogP) is 3.92. The van der Waals surface area contributed by atoms with Crippen LogP contribution in [-0.4, -0.2) is 18.0 Å². The van der Waals surface area contributed by atoms with E-state index in [1.165, 1.54) is 6.92 Å². The number of hydrogen-bond donors (Lipinski definition) is 1. The average molecular weight is 358 g/mol. The van der Waals surface area contributed by atoms with Crippen LogP contribution in [0.2, 0.25) is 9.36 Å². The molecule has 7 heteroatoms. The molecule has 0 aliphatic carbocycles. The quantitative estimate of drug-likeness (QED) is 0.825. The predicted molar refractivity (Wildman–Crippen MR) is 87.5 cm³/mol. The smallest absolute Gasteiger partial charge is 0.349 e. The van der Waals surface area contributed by atoms with Crippen molar-refractivity contribution in [1.82, 2.24) is 5.32 Å². The molecule has 0 saturated heterocycles. The molecule has 1 heterocycles. The Labute approximate surface area is 142 Å². The van der Waals surface area contributed by atoms with E-state index in [0.29, 0.717) is 20.8 Å². The fraction of sp³-hybridized carbons (Fsp3) is 0.200. The number of ether oxygens (including phenoxy) is 1. The van der Waals surface area contributed by atoms with Crippen molar-refractivity contribution in [3.8, 4) is 0 Å². The Balaban J connectivity index is 1.84. The zero-order valence-corrected chi connectivity index (χ0v) is 14.0. The zero-order chi connectivity index (χ0) is 16.1. The summed E-state index contributed by atoms with van der Waals surface area (Å²) in [5.74, 6) is -0.933. The number of halogens is 2. The lowest BCUT2D eigenvalue weighted by atomic mass is 10.2. The van der Waals surface area contributed by atoms with Crippen molar-refractivity contribution in [3.63, 3.8) is 0 Å². The van der Waals surface area contributed by atoms with Crippen LogP contribution in [0.1, 0.15) is 22.2 Å². The number of rotatable bonds is 5. The van der Waals surface area contributed by atoms with Crippen LogP contribution in [0.4, 0.5) is 0 Å². The van der Waals surface area contributed by atoms with Gasteiger partial charge in [0.1, 0.15) is 4.88 Å². The van der Waals surface area contributed by atoms with Gasteiger partial charge in [-0.15, -0.1) is 11.3 Å². The lowest BCUT2D eigenvalue weighted by Crippen LogP contribution is -2.35. The minimum Gasteiger partial charge on any atom is -0.448 e. The van der Waals surface area contributed by atoms with Gasteiger partial charge in [0.2, 0.25) is 0 Å². The van der Waals surface area contributed by atoms with Crippen molar-refractivity contribution in [2.45, 2.75) is 19.6 Å². The summed E-state index contributed by atoms with van der Waals surface area (Å²) in [5, 5.41) is 3.33. The summed E-state index contributed by atoms with van der Waals surface area (Å²) in [5.41, 5.74) is 0.904. The Hall–Kier alpha value is -1.56. The highest BCUT2D eigenvalue weighted by Gasteiger charge is 2.19. The highest BCUT2D eigenvalue weighted by molar-refractivity contribution is 7.17. The molecule has 0 spiro atoms. The molecule has 1 N–H and O–H groups in total. The normalized spacial score (nSPS) is 11.8. The summed E-state index contributed by atoms with van der Waals surface area (Å²) in [6, 6.07) is 10.3. The van der Waals surface area contributed by atoms with Gasteiger partial charge in [-0.2, -0.15) is 0 Å². The van der Waals surface area contributed by atoms with Crippen LogP contribution in [0.15, 0.2) is 36.4 Å². The van der Waals surface area contributed by atoms with Gasteiger partial charge >= 0.3 is 5.97 Å². The molecule has 0 aliphatic heterocycles. The van der Waals surface area contributed by atoms with Gasteiger partial charge in [-0.3, -0.25) is 4.79 Å². The van der Waals surface area contributed by atoms with Crippen LogP contribution in [-0.2, 0) is 16.1 Å². The number of amides is 1. The average Bonchev–Trinajstić information content (AvgIpc) is 2.93. The van der Waals surface area contributed by atoms with Gasteiger partial charge in [0, 0.05) is 11.6 Å². The van der Waals surface area contributed by atoms with E-state index in [9.17, 15) is 9.59 Å². The Morgan fingerprint density at radius 3 is 2.45 bits per heavy atom. The molecule has 4 nitrogen and oxygen atoms in total. The van der Waals surface area contributed by atoms with E-state index in [4.69, 9.17) is 27.9 Å². The molecule has 0 aliphatic rings. The first-order valence-electron chi connectivity index (χ1n) is 6.44. The molecule has 0 fully saturated rings. The summed E-state index contributed by atoms with van der Waals surface area (Å²) in [6.07, 6.45) is -0.888. The molecule has 0 bridgehead atoms. The van der Waals surface area contributed by atoms with Crippen LogP contribution < -0.4 is 5.32 Å². The molecule has 116 valence electrons. The molecule has 22 heavy (non-hydrogen) atoms. The summed E-state index contributed by atoms with van der Waals surface area (Å²) >= 11 is 12.7. The number of carbonyl (C=O) groups is 2. The third-order valence-corrected chi connectivity index (χ3v) is 4.27. The number of nitrogens with one attached hydrogen (secondary N) is 1. The van der Waals surface area contributed by atoms with Crippen LogP contribution in [0.3, 0.4) is 0 Å². The van der Waals surface area contributed by atoms with Gasteiger partial charge in [-0.25, -0.2) is 4.79 Å². The SMILES string of the molecule is CC(OC(=O)c1ccc(Cl)s1)C(=O)NCc1ccc(Cl)cc1. The molecular weight excluding hydrogens is 345 g/mol. The van der Waals surface area contributed by atoms with Gasteiger partial charge in [0.25, 0.3) is 5.91 Å². The monoisotopic (exact) mass is 357 g/mol. The number of thiophene rings is 1. The molecular formula is C15H13Cl2NO3S. The van der Waals surface area contributed by atoms with Crippen LogP contribution >= 0.6 is 34.5 Å². The topological polar surface area (TPSA) is 55.4 Å². The van der Waals surface area contributed by atoms with E-state index in [0.717, 1.165) is 16.9 Å². The highest BCUT2D eigenvalue weighted by atomic mass is 35.5. The third-order valence-electron chi connectivity index (χ3n) is 2.81. The summed E-state index contributed by atoms with van der Waals surface area (Å²) in [6.45, 7) is 1.85. The van der Waals surface area contributed by atoms with E-state index in [1.807, 2.05) is 12.1 Å². The van der Waals surface area contributed by atoms with E-state index in [1.54, 1.807) is 24.3 Å². The number of carbonyl (C=O) groups excluding carboxylic acids is 2. The summed E-state index contributed by atoms with van der Waals surface area (Å²) in [4.78, 5) is 24.1. The first kappa shape index (κ1) is 16.8. The lowest BCUT2D eigenvalue weighted by molar-refractivity contribution is -0.129. The zero-order valence-electron chi connectivity index (χ0n) is 11.6. The Morgan fingerprint density at radius 1 is 1.18 bits per heavy atom. The molecule has 2 rings (SSSR count). The second kappa shape index (κ2) is 7.63. The minimum absolute atomic E-state index is 0.336. The van der Waals surface area contributed by atoms with Crippen molar-refractivity contribution in [3.05, 3.63) is 56.2 Å². The van der Waals surface area contributed by atoms with E-state index in [-0.39, 0.29) is 5.91 Å². The molecule has 1 aromatic carbocycles. The number of benzene rings is 1. The lowest BCUT2D eigenvalue weighted by Gasteiger charge is -2.13. The van der Waals surface area contributed by atoms with Crippen molar-refractivity contribution >= 4 is 46.4 Å². The van der Waals surface area contributed by atoms with E-state index in [2.05, 4.69) is 5.32 Å². The second-order valence-electron chi connectivity index (χ2n) is 4.50. The van der Waals surface area contributed by atoms with Crippen molar-refractivity contribution in [2.75, 3.05) is 0 Å². The number of hydrogen-bond acceptors (Lipinski definition) is 4. The van der Waals surface area contributed by atoms with E-state index < -0.39 is 12.1 Å². The third kappa shape index (κ3) is 4.73. The largest absolute Gasteiger partial charge is 0.448 e. The summed E-state index contributed by atoms with van der Waals surface area (Å²) < 4.78 is 5.59. The minimum atomic E-state index is -0.888. The Morgan fingerprint density at radius 2 is 1.86 bits per heavy atom. The molecule has 1 aromatic heterocycles. The maximum atomic E-state index is 11.9. The van der Waals surface area contributed by atoms with Crippen LogP contribution in [0.25, 0.3) is 0 Å². The fourth-order valence-corrected chi connectivity index (χ4v) is 2.68. The van der Waals surface area contributed by atoms with Crippen LogP contribution in [0, 0.1) is 0 Å². The maximum absolute atomic E-state index is 11.9. The van der Waals surface area contributed by atoms with Gasteiger partial charge in [0.05, 0.1) is 4.34 Å². The molecule has 1 atom stereocenters. The molecule has 0 saturated carbocycles. The number of esters is 1. The van der Waals surface area contributed by atoms with Crippen molar-refractivity contribution < 1.29 is 14.3 Å². The Kier molecular flexibility index (Phi) is 5.83. The van der Waals surface area contributed by atoms with Gasteiger partial charge in [-0.05, 0) is 36.8 Å². The van der Waals surface area contributed by atoms with E-state index >= 15 is 0 Å². The first-order chi connectivity index (χ1) is 10.5. The Bertz CT molecular complexity index is 670. The molecule has 1 amide bonds. The first-order valence-corrected chi connectivity index (χ1v) is 8.01. The fourth-order valence-electron chi connectivity index (χ4n) is 1.63. The van der Waals surface area contributed by atoms with Gasteiger partial charge < -0.3 is 10.1 Å². The van der Waals surface area contributed by atoms with Crippen LogP contribution in [0.5, 0.6) is 0 Å².